The molecule has 2 aromatic carbocycles. The van der Waals surface area contributed by atoms with E-state index in [0.29, 0.717) is 12.1 Å². The SMILES string of the molecule is CC[C@H](C)N(CC(=O)N1CCc2sccc2[C@H]1COc1ccccc1F)C(=O)c1cccc(C)c1. The van der Waals surface area contributed by atoms with Crippen LogP contribution in [-0.2, 0) is 11.2 Å². The summed E-state index contributed by atoms with van der Waals surface area (Å²) in [6, 6.07) is 15.3. The number of fused-ring (bicyclic) bond motifs is 1. The summed E-state index contributed by atoms with van der Waals surface area (Å²) >= 11 is 1.66. The molecule has 0 saturated heterocycles. The van der Waals surface area contributed by atoms with Crippen molar-refractivity contribution in [3.63, 3.8) is 0 Å². The number of thiophene rings is 1. The van der Waals surface area contributed by atoms with Crippen molar-refractivity contribution >= 4 is 23.2 Å². The Labute approximate surface area is 210 Å². The van der Waals surface area contributed by atoms with Crippen molar-refractivity contribution in [2.45, 2.75) is 45.7 Å². The average Bonchev–Trinajstić information content (AvgIpc) is 3.35. The predicted octanol–water partition coefficient (Wildman–Crippen LogP) is 5.64. The predicted molar refractivity (Wildman–Crippen MR) is 136 cm³/mol. The van der Waals surface area contributed by atoms with E-state index < -0.39 is 5.82 Å². The topological polar surface area (TPSA) is 49.9 Å². The third-order valence-electron chi connectivity index (χ3n) is 6.60. The van der Waals surface area contributed by atoms with Gasteiger partial charge in [0.1, 0.15) is 13.2 Å². The second-order valence-corrected chi connectivity index (χ2v) is 9.95. The molecule has 1 aromatic heterocycles. The minimum absolute atomic E-state index is 0.0164. The summed E-state index contributed by atoms with van der Waals surface area (Å²) in [5, 5.41) is 2.02. The van der Waals surface area contributed by atoms with Crippen LogP contribution in [0, 0.1) is 12.7 Å². The molecule has 0 fully saturated rings. The van der Waals surface area contributed by atoms with Gasteiger partial charge in [0.2, 0.25) is 5.91 Å². The smallest absolute Gasteiger partial charge is 0.254 e. The Balaban J connectivity index is 1.56. The fourth-order valence-corrected chi connectivity index (χ4v) is 5.36. The highest BCUT2D eigenvalue weighted by Crippen LogP contribution is 2.34. The van der Waals surface area contributed by atoms with E-state index in [1.54, 1.807) is 45.4 Å². The third-order valence-corrected chi connectivity index (χ3v) is 7.60. The van der Waals surface area contributed by atoms with Gasteiger partial charge < -0.3 is 14.5 Å². The highest BCUT2D eigenvalue weighted by Gasteiger charge is 2.34. The molecule has 2 heterocycles. The molecule has 4 rings (SSSR count). The van der Waals surface area contributed by atoms with Crippen molar-refractivity contribution in [2.24, 2.45) is 0 Å². The number of amides is 2. The number of hydrogen-bond acceptors (Lipinski definition) is 4. The van der Waals surface area contributed by atoms with Crippen molar-refractivity contribution in [1.82, 2.24) is 9.80 Å². The largest absolute Gasteiger partial charge is 0.488 e. The lowest BCUT2D eigenvalue weighted by molar-refractivity contribution is -0.136. The molecule has 184 valence electrons. The van der Waals surface area contributed by atoms with Gasteiger partial charge in [-0.1, -0.05) is 36.8 Å². The number of para-hydroxylation sites is 1. The lowest BCUT2D eigenvalue weighted by Gasteiger charge is -2.38. The quantitative estimate of drug-likeness (QED) is 0.407. The van der Waals surface area contributed by atoms with Crippen LogP contribution in [0.15, 0.2) is 60.0 Å². The lowest BCUT2D eigenvalue weighted by Crippen LogP contribution is -2.49. The molecule has 0 bridgehead atoms. The van der Waals surface area contributed by atoms with Crippen LogP contribution in [0.4, 0.5) is 4.39 Å². The van der Waals surface area contributed by atoms with Crippen LogP contribution < -0.4 is 4.74 Å². The van der Waals surface area contributed by atoms with Gasteiger partial charge in [0.15, 0.2) is 11.6 Å². The Hall–Kier alpha value is -3.19. The zero-order chi connectivity index (χ0) is 24.9. The van der Waals surface area contributed by atoms with Crippen LogP contribution in [0.2, 0.25) is 0 Å². The van der Waals surface area contributed by atoms with E-state index in [2.05, 4.69) is 0 Å². The Morgan fingerprint density at radius 1 is 1.20 bits per heavy atom. The second kappa shape index (κ2) is 11.0. The van der Waals surface area contributed by atoms with Crippen LogP contribution in [0.25, 0.3) is 0 Å². The molecule has 0 N–H and O–H groups in total. The molecule has 5 nitrogen and oxygen atoms in total. The summed E-state index contributed by atoms with van der Waals surface area (Å²) in [5.74, 6) is -0.550. The lowest BCUT2D eigenvalue weighted by atomic mass is 10.00. The molecule has 1 aliphatic rings. The molecule has 0 unspecified atom stereocenters. The molecule has 35 heavy (non-hydrogen) atoms. The van der Waals surface area contributed by atoms with E-state index >= 15 is 0 Å². The Morgan fingerprint density at radius 3 is 2.74 bits per heavy atom. The molecule has 2 atom stereocenters. The van der Waals surface area contributed by atoms with E-state index in [1.165, 1.54) is 10.9 Å². The van der Waals surface area contributed by atoms with Crippen LogP contribution in [0.5, 0.6) is 5.75 Å². The second-order valence-electron chi connectivity index (χ2n) is 8.95. The Morgan fingerprint density at radius 2 is 2.00 bits per heavy atom. The monoisotopic (exact) mass is 494 g/mol. The van der Waals surface area contributed by atoms with Gasteiger partial charge in [-0.2, -0.15) is 0 Å². The van der Waals surface area contributed by atoms with Crippen molar-refractivity contribution in [3.05, 3.63) is 87.4 Å². The number of aryl methyl sites for hydroxylation is 1. The van der Waals surface area contributed by atoms with Crippen molar-refractivity contribution < 1.29 is 18.7 Å². The number of carbonyl (C=O) groups excluding carboxylic acids is 2. The van der Waals surface area contributed by atoms with Crippen LogP contribution in [0.3, 0.4) is 0 Å². The molecule has 2 amide bonds. The summed E-state index contributed by atoms with van der Waals surface area (Å²) in [6.45, 7) is 6.58. The van der Waals surface area contributed by atoms with Gasteiger partial charge in [-0.05, 0) is 68.0 Å². The maximum atomic E-state index is 14.2. The summed E-state index contributed by atoms with van der Waals surface area (Å²) in [5.41, 5.74) is 2.61. The molecule has 7 heteroatoms. The first-order chi connectivity index (χ1) is 16.9. The fourth-order valence-electron chi connectivity index (χ4n) is 4.43. The van der Waals surface area contributed by atoms with Crippen LogP contribution >= 0.6 is 11.3 Å². The number of hydrogen-bond donors (Lipinski definition) is 0. The molecule has 3 aromatic rings. The molecule has 0 spiro atoms. The van der Waals surface area contributed by atoms with E-state index in [4.69, 9.17) is 4.74 Å². The van der Waals surface area contributed by atoms with Gasteiger partial charge in [-0.3, -0.25) is 9.59 Å². The first kappa shape index (κ1) is 24.9. The Bertz CT molecular complexity index is 1190. The van der Waals surface area contributed by atoms with Gasteiger partial charge in [-0.15, -0.1) is 11.3 Å². The number of carbonyl (C=O) groups is 2. The molecule has 0 aliphatic carbocycles. The summed E-state index contributed by atoms with van der Waals surface area (Å²) in [6.07, 6.45) is 1.49. The summed E-state index contributed by atoms with van der Waals surface area (Å²) < 4.78 is 20.0. The van der Waals surface area contributed by atoms with E-state index in [1.807, 2.05) is 50.4 Å². The fraction of sp³-hybridized carbons (Fsp3) is 0.357. The minimum atomic E-state index is -0.432. The molecule has 1 aliphatic heterocycles. The first-order valence-electron chi connectivity index (χ1n) is 12.0. The third kappa shape index (κ3) is 5.56. The minimum Gasteiger partial charge on any atom is -0.488 e. The van der Waals surface area contributed by atoms with Gasteiger partial charge in [0, 0.05) is 23.0 Å². The van der Waals surface area contributed by atoms with Gasteiger partial charge in [0.05, 0.1) is 6.04 Å². The molecular formula is C28H31FN2O3S. The molecular weight excluding hydrogens is 463 g/mol. The van der Waals surface area contributed by atoms with E-state index in [-0.39, 0.29) is 42.8 Å². The highest BCUT2D eigenvalue weighted by molar-refractivity contribution is 7.10. The standard InChI is InChI=1S/C28H31FN2O3S/c1-4-20(3)31(28(33)21-9-7-8-19(2)16-21)17-27(32)30-14-12-26-22(13-15-35-26)24(30)18-34-25-11-6-5-10-23(25)29/h5-11,13,15-16,20,24H,4,12,14,17-18H2,1-3H3/t20-,24+/m0/s1. The number of ether oxygens (including phenoxy) is 1. The molecule has 0 radical (unpaired) electrons. The van der Waals surface area contributed by atoms with E-state index in [9.17, 15) is 14.0 Å². The zero-order valence-corrected chi connectivity index (χ0v) is 21.2. The number of halogens is 1. The van der Waals surface area contributed by atoms with Crippen LogP contribution in [0.1, 0.15) is 52.7 Å². The summed E-state index contributed by atoms with van der Waals surface area (Å²) in [4.78, 5) is 31.7. The normalized spacial score (nSPS) is 15.9. The maximum absolute atomic E-state index is 14.2. The van der Waals surface area contributed by atoms with Gasteiger partial charge >= 0.3 is 0 Å². The highest BCUT2D eigenvalue weighted by atomic mass is 32.1. The zero-order valence-electron chi connectivity index (χ0n) is 20.4. The number of benzene rings is 2. The maximum Gasteiger partial charge on any atom is 0.254 e. The van der Waals surface area contributed by atoms with Crippen LogP contribution in [-0.4, -0.2) is 47.4 Å². The van der Waals surface area contributed by atoms with Crippen molar-refractivity contribution in [2.75, 3.05) is 19.7 Å². The van der Waals surface area contributed by atoms with Crippen molar-refractivity contribution in [1.29, 1.82) is 0 Å². The van der Waals surface area contributed by atoms with E-state index in [0.717, 1.165) is 24.0 Å². The average molecular weight is 495 g/mol. The molecule has 0 saturated carbocycles. The number of rotatable bonds is 8. The Kier molecular flexibility index (Phi) is 7.86. The van der Waals surface area contributed by atoms with Crippen molar-refractivity contribution in [3.8, 4) is 5.75 Å². The summed E-state index contributed by atoms with van der Waals surface area (Å²) in [7, 11) is 0. The van der Waals surface area contributed by atoms with Gasteiger partial charge in [0.25, 0.3) is 5.91 Å². The first-order valence-corrected chi connectivity index (χ1v) is 12.9. The number of nitrogens with zero attached hydrogens (tertiary/aromatic N) is 2. The van der Waals surface area contributed by atoms with Gasteiger partial charge in [-0.25, -0.2) is 4.39 Å².